The Bertz CT molecular complexity index is 1580. The van der Waals surface area contributed by atoms with Crippen LogP contribution in [0.25, 0.3) is 10.9 Å². The van der Waals surface area contributed by atoms with Crippen molar-refractivity contribution in [3.63, 3.8) is 0 Å². The van der Waals surface area contributed by atoms with Crippen molar-refractivity contribution in [1.82, 2.24) is 9.88 Å². The number of hydrogen-bond donors (Lipinski definition) is 1. The van der Waals surface area contributed by atoms with Gasteiger partial charge in [-0.05, 0) is 67.9 Å². The van der Waals surface area contributed by atoms with Crippen LogP contribution < -0.4 is 18.9 Å². The van der Waals surface area contributed by atoms with Crippen molar-refractivity contribution < 1.29 is 42.7 Å². The molecule has 2 aromatic carbocycles. The molecule has 1 aliphatic carbocycles. The van der Waals surface area contributed by atoms with E-state index in [9.17, 15) is 9.59 Å². The van der Waals surface area contributed by atoms with Crippen LogP contribution in [0.5, 0.6) is 23.0 Å². The summed E-state index contributed by atoms with van der Waals surface area (Å²) in [7, 11) is 9.11. The Morgan fingerprint density at radius 2 is 1.69 bits per heavy atom. The topological polar surface area (TPSA) is 118 Å². The number of nitrogens with one attached hydrogen (secondary N) is 1. The van der Waals surface area contributed by atoms with Gasteiger partial charge in [0.2, 0.25) is 5.75 Å². The van der Waals surface area contributed by atoms with Gasteiger partial charge in [-0.15, -0.1) is 0 Å². The number of methoxy groups -OCH3 is 6. The van der Waals surface area contributed by atoms with E-state index in [1.807, 2.05) is 12.1 Å². The number of H-pyrrole nitrogens is 1. The zero-order valence-corrected chi connectivity index (χ0v) is 26.9. The van der Waals surface area contributed by atoms with Crippen molar-refractivity contribution in [3.05, 3.63) is 47.2 Å². The molecule has 1 N–H and O–H groups in total. The fourth-order valence-electron chi connectivity index (χ4n) is 8.14. The molecule has 0 radical (unpaired) electrons. The fourth-order valence-corrected chi connectivity index (χ4v) is 8.14. The van der Waals surface area contributed by atoms with Gasteiger partial charge in [-0.25, -0.2) is 4.79 Å². The Balaban J connectivity index is 1.32. The summed E-state index contributed by atoms with van der Waals surface area (Å²) < 4.78 is 39.3. The Morgan fingerprint density at radius 3 is 2.31 bits per heavy atom. The lowest BCUT2D eigenvalue weighted by Crippen LogP contribution is -2.63. The normalized spacial score (nSPS) is 27.5. The van der Waals surface area contributed by atoms with Crippen LogP contribution in [0.15, 0.2) is 30.3 Å². The van der Waals surface area contributed by atoms with Gasteiger partial charge in [0, 0.05) is 42.9 Å². The minimum Gasteiger partial charge on any atom is -0.497 e. The standard InChI is InChI=1S/C34H42N2O9/c1-34-16-23-19(17-36(34)11-10-22-21-9-8-20(39-2)15-24(21)35-31(22)34)14-27(30(43-6)28(23)33(38)44-7)45-32(37)18-12-25(40-3)29(42-5)26(13-18)41-4/h8-9,12-13,15,19,23,27-28,30,35H,10-11,14,16-17H2,1-7H3/t19-,23+,27-,28+,30+,34-/m1/s1. The van der Waals surface area contributed by atoms with Gasteiger partial charge < -0.3 is 38.1 Å². The summed E-state index contributed by atoms with van der Waals surface area (Å²) in [6.45, 7) is 3.90. The highest BCUT2D eigenvalue weighted by Crippen LogP contribution is 2.53. The summed E-state index contributed by atoms with van der Waals surface area (Å²) in [6.07, 6.45) is 0.833. The molecule has 2 aliphatic heterocycles. The predicted octanol–water partition coefficient (Wildman–Crippen LogP) is 4.35. The number of hydrogen-bond acceptors (Lipinski definition) is 10. The number of aromatic nitrogens is 1. The van der Waals surface area contributed by atoms with Crippen LogP contribution >= 0.6 is 0 Å². The quantitative estimate of drug-likeness (QED) is 0.364. The van der Waals surface area contributed by atoms with Crippen molar-refractivity contribution in [2.75, 3.05) is 55.7 Å². The molecule has 0 amide bonds. The van der Waals surface area contributed by atoms with Gasteiger partial charge >= 0.3 is 11.9 Å². The van der Waals surface area contributed by atoms with Crippen molar-refractivity contribution in [3.8, 4) is 23.0 Å². The van der Waals surface area contributed by atoms with E-state index in [1.54, 1.807) is 26.4 Å². The highest BCUT2D eigenvalue weighted by atomic mass is 16.6. The molecule has 0 unspecified atom stereocenters. The number of nitrogens with zero attached hydrogens (tertiary/aromatic N) is 1. The summed E-state index contributed by atoms with van der Waals surface area (Å²) in [5.74, 6) is 0.347. The molecule has 0 bridgehead atoms. The van der Waals surface area contributed by atoms with E-state index in [0.717, 1.165) is 37.2 Å². The van der Waals surface area contributed by atoms with Crippen molar-refractivity contribution >= 4 is 22.8 Å². The van der Waals surface area contributed by atoms with Crippen LogP contribution in [-0.2, 0) is 31.0 Å². The Kier molecular flexibility index (Phi) is 8.34. The molecule has 6 atom stereocenters. The molecule has 1 saturated heterocycles. The van der Waals surface area contributed by atoms with E-state index < -0.39 is 24.1 Å². The minimum atomic E-state index is -0.685. The molecular weight excluding hydrogens is 580 g/mol. The van der Waals surface area contributed by atoms with Gasteiger partial charge in [-0.2, -0.15) is 0 Å². The van der Waals surface area contributed by atoms with E-state index in [-0.39, 0.29) is 28.9 Å². The zero-order chi connectivity index (χ0) is 32.0. The number of piperidine rings is 1. The average Bonchev–Trinajstić information content (AvgIpc) is 3.44. The number of benzene rings is 2. The Labute approximate surface area is 263 Å². The van der Waals surface area contributed by atoms with E-state index >= 15 is 0 Å². The van der Waals surface area contributed by atoms with Gasteiger partial charge in [-0.1, -0.05) is 0 Å². The van der Waals surface area contributed by atoms with Crippen LogP contribution in [0.3, 0.4) is 0 Å². The first-order chi connectivity index (χ1) is 21.7. The number of rotatable bonds is 8. The second-order valence-corrected chi connectivity index (χ2v) is 12.3. The van der Waals surface area contributed by atoms with Crippen molar-refractivity contribution in [2.45, 2.75) is 43.9 Å². The maximum Gasteiger partial charge on any atom is 0.338 e. The van der Waals surface area contributed by atoms with Crippen LogP contribution in [0.4, 0.5) is 0 Å². The van der Waals surface area contributed by atoms with Gasteiger partial charge in [0.1, 0.15) is 18.0 Å². The molecule has 11 nitrogen and oxygen atoms in total. The van der Waals surface area contributed by atoms with E-state index in [1.165, 1.54) is 45.1 Å². The van der Waals surface area contributed by atoms with Crippen molar-refractivity contribution in [2.24, 2.45) is 17.8 Å². The summed E-state index contributed by atoms with van der Waals surface area (Å²) in [5.41, 5.74) is 3.46. The van der Waals surface area contributed by atoms with Crippen LogP contribution in [0, 0.1) is 17.8 Å². The maximum absolute atomic E-state index is 13.6. The SMILES string of the molecule is COC(=O)[C@H]1[C@H]2C[C@]3(C)c4[nH]c5cc(OC)ccc5c4CCN3C[C@H]2C[C@@H](OC(=O)c2cc(OC)c(OC)c(OC)c2)[C@@H]1OC. The average molecular weight is 623 g/mol. The summed E-state index contributed by atoms with van der Waals surface area (Å²) in [5, 5.41) is 1.20. The first-order valence-corrected chi connectivity index (χ1v) is 15.3. The molecule has 3 aliphatic rings. The number of esters is 2. The summed E-state index contributed by atoms with van der Waals surface area (Å²) >= 11 is 0. The van der Waals surface area contributed by atoms with Gasteiger partial charge in [0.15, 0.2) is 11.5 Å². The van der Waals surface area contributed by atoms with Crippen LogP contribution in [-0.4, -0.2) is 89.8 Å². The van der Waals surface area contributed by atoms with Gasteiger partial charge in [-0.3, -0.25) is 9.69 Å². The lowest BCUT2D eigenvalue weighted by atomic mass is 9.60. The molecule has 242 valence electrons. The van der Waals surface area contributed by atoms with Crippen LogP contribution in [0.2, 0.25) is 0 Å². The molecule has 11 heteroatoms. The first-order valence-electron chi connectivity index (χ1n) is 15.3. The molecule has 45 heavy (non-hydrogen) atoms. The lowest BCUT2D eigenvalue weighted by molar-refractivity contribution is -0.181. The highest BCUT2D eigenvalue weighted by molar-refractivity contribution is 5.91. The number of ether oxygens (including phenoxy) is 7. The molecule has 1 aromatic heterocycles. The largest absolute Gasteiger partial charge is 0.497 e. The zero-order valence-electron chi connectivity index (χ0n) is 26.9. The molecule has 6 rings (SSSR count). The lowest BCUT2D eigenvalue weighted by Gasteiger charge is -2.57. The number of fused-ring (bicyclic) bond motifs is 6. The third-order valence-electron chi connectivity index (χ3n) is 10.3. The second-order valence-electron chi connectivity index (χ2n) is 12.3. The molecule has 2 fully saturated rings. The maximum atomic E-state index is 13.6. The Morgan fingerprint density at radius 1 is 0.956 bits per heavy atom. The highest BCUT2D eigenvalue weighted by Gasteiger charge is 2.57. The fraction of sp³-hybridized carbons (Fsp3) is 0.529. The number of carbonyl (C=O) groups is 2. The van der Waals surface area contributed by atoms with Gasteiger partial charge in [0.05, 0.1) is 52.6 Å². The van der Waals surface area contributed by atoms with Crippen LogP contribution in [0.1, 0.15) is 41.4 Å². The number of aromatic amines is 1. The second kappa shape index (κ2) is 12.1. The molecule has 1 saturated carbocycles. The monoisotopic (exact) mass is 622 g/mol. The predicted molar refractivity (Wildman–Crippen MR) is 165 cm³/mol. The third kappa shape index (κ3) is 5.06. The number of carbonyl (C=O) groups excluding carboxylic acids is 2. The molecular formula is C34H42N2O9. The van der Waals surface area contributed by atoms with E-state index in [4.69, 9.17) is 33.2 Å². The minimum absolute atomic E-state index is 0.0494. The molecule has 3 heterocycles. The molecule has 0 spiro atoms. The third-order valence-corrected chi connectivity index (χ3v) is 10.3. The van der Waals surface area contributed by atoms with E-state index in [2.05, 4.69) is 22.9 Å². The van der Waals surface area contributed by atoms with Gasteiger partial charge in [0.25, 0.3) is 0 Å². The summed E-state index contributed by atoms with van der Waals surface area (Å²) in [4.78, 5) is 33.4. The van der Waals surface area contributed by atoms with Crippen molar-refractivity contribution in [1.29, 1.82) is 0 Å². The summed E-state index contributed by atoms with van der Waals surface area (Å²) in [6, 6.07) is 9.28. The molecule has 3 aromatic rings. The smallest absolute Gasteiger partial charge is 0.338 e. The Hall–Kier alpha value is -3.96. The van der Waals surface area contributed by atoms with E-state index in [0.29, 0.717) is 23.7 Å². The first kappa shape index (κ1) is 31.0.